The van der Waals surface area contributed by atoms with Crippen molar-refractivity contribution in [1.29, 1.82) is 0 Å². The van der Waals surface area contributed by atoms with E-state index in [1.165, 1.54) is 11.3 Å². The number of hydrogen-bond donors (Lipinski definition) is 0. The molecule has 2 aromatic heterocycles. The Labute approximate surface area is 153 Å². The van der Waals surface area contributed by atoms with Crippen molar-refractivity contribution in [3.05, 3.63) is 67.0 Å². The largest absolute Gasteiger partial charge is 0.466 e. The average Bonchev–Trinajstić information content (AvgIpc) is 3.08. The zero-order valence-electron chi connectivity index (χ0n) is 14.8. The maximum atomic E-state index is 13.2. The summed E-state index contributed by atoms with van der Waals surface area (Å²) in [7, 11) is 1.90. The number of ether oxygens (including phenoxy) is 1. The van der Waals surface area contributed by atoms with Gasteiger partial charge in [-0.2, -0.15) is 5.10 Å². The molecular weight excluding hydrogens is 348 g/mol. The lowest BCUT2D eigenvalue weighted by Crippen LogP contribution is -2.49. The molecule has 0 amide bonds. The summed E-state index contributed by atoms with van der Waals surface area (Å²) in [5.74, 6) is 0.812. The maximum absolute atomic E-state index is 13.2. The lowest BCUT2D eigenvalue weighted by molar-refractivity contribution is 0.0410. The third-order valence-electron chi connectivity index (χ3n) is 5.22. The van der Waals surface area contributed by atoms with Crippen LogP contribution < -0.4 is 19.6 Å². The zero-order chi connectivity index (χ0) is 18.1. The number of para-hydroxylation sites is 1. The Balaban J connectivity index is 1.77. The first kappa shape index (κ1) is 15.6. The molecule has 0 radical (unpaired) electrons. The van der Waals surface area contributed by atoms with Gasteiger partial charge in [-0.3, -0.25) is 14.0 Å². The molecule has 0 saturated carbocycles. The van der Waals surface area contributed by atoms with Crippen molar-refractivity contribution in [2.45, 2.75) is 32.0 Å². The van der Waals surface area contributed by atoms with Crippen molar-refractivity contribution in [3.8, 4) is 5.75 Å². The Morgan fingerprint density at radius 3 is 2.96 bits per heavy atom. The van der Waals surface area contributed by atoms with E-state index < -0.39 is 5.72 Å². The number of hydrogen-bond acceptors (Lipinski definition) is 5. The molecule has 0 fully saturated rings. The molecule has 4 heterocycles. The van der Waals surface area contributed by atoms with Gasteiger partial charge in [-0.1, -0.05) is 29.5 Å². The van der Waals surface area contributed by atoms with E-state index in [0.717, 1.165) is 27.4 Å². The van der Waals surface area contributed by atoms with E-state index in [2.05, 4.69) is 5.10 Å². The summed E-state index contributed by atoms with van der Waals surface area (Å²) in [6, 6.07) is 7.88. The first-order chi connectivity index (χ1) is 12.5. The molecular formula is C19H18N4O2S. The summed E-state index contributed by atoms with van der Waals surface area (Å²) >= 11 is 1.42. The topological polar surface area (TPSA) is 61.4 Å². The highest BCUT2D eigenvalue weighted by Gasteiger charge is 2.42. The zero-order valence-corrected chi connectivity index (χ0v) is 15.6. The predicted molar refractivity (Wildman–Crippen MR) is 99.1 cm³/mol. The molecule has 0 spiro atoms. The summed E-state index contributed by atoms with van der Waals surface area (Å²) in [4.78, 5) is 18.6. The molecule has 7 heteroatoms. The van der Waals surface area contributed by atoms with Crippen LogP contribution in [0.5, 0.6) is 5.75 Å². The fraction of sp³-hybridized carbons (Fsp3) is 0.316. The van der Waals surface area contributed by atoms with Crippen LogP contribution in [0.3, 0.4) is 0 Å². The van der Waals surface area contributed by atoms with Crippen LogP contribution in [0.4, 0.5) is 0 Å². The second-order valence-corrected chi connectivity index (χ2v) is 8.03. The molecule has 5 rings (SSSR count). The molecule has 6 nitrogen and oxygen atoms in total. The van der Waals surface area contributed by atoms with E-state index in [1.54, 1.807) is 10.9 Å². The van der Waals surface area contributed by atoms with E-state index in [0.29, 0.717) is 11.0 Å². The number of benzene rings is 1. The second-order valence-electron chi connectivity index (χ2n) is 7.02. The van der Waals surface area contributed by atoms with Crippen molar-refractivity contribution in [2.24, 2.45) is 12.0 Å². The van der Waals surface area contributed by atoms with Gasteiger partial charge < -0.3 is 4.74 Å². The minimum absolute atomic E-state index is 0.000700. The van der Waals surface area contributed by atoms with Gasteiger partial charge in [0.05, 0.1) is 16.8 Å². The third kappa shape index (κ3) is 2.13. The van der Waals surface area contributed by atoms with Crippen LogP contribution in [0.25, 0.3) is 6.08 Å². The summed E-state index contributed by atoms with van der Waals surface area (Å²) in [6.07, 6.45) is 4.36. The van der Waals surface area contributed by atoms with Gasteiger partial charge >= 0.3 is 0 Å². The minimum atomic E-state index is -0.627. The van der Waals surface area contributed by atoms with Crippen molar-refractivity contribution in [2.75, 3.05) is 0 Å². The Morgan fingerprint density at radius 1 is 1.38 bits per heavy atom. The minimum Gasteiger partial charge on any atom is -0.466 e. The number of fused-ring (bicyclic) bond motifs is 6. The smallest absolute Gasteiger partial charge is 0.270 e. The van der Waals surface area contributed by atoms with Crippen LogP contribution >= 0.6 is 11.3 Å². The van der Waals surface area contributed by atoms with E-state index in [-0.39, 0.29) is 11.6 Å². The van der Waals surface area contributed by atoms with Gasteiger partial charge in [-0.05, 0) is 26.0 Å². The normalized spacial score (nSPS) is 23.8. The fourth-order valence-corrected chi connectivity index (χ4v) is 4.85. The summed E-state index contributed by atoms with van der Waals surface area (Å²) in [5.41, 5.74) is 2.40. The van der Waals surface area contributed by atoms with Gasteiger partial charge in [0, 0.05) is 30.3 Å². The Bertz CT molecular complexity index is 1220. The molecule has 0 saturated heterocycles. The standard InChI is InChI=1S/C19H18N4O2S/c1-11-12(10-20-22(11)3)8-16-17(24)23-14-9-19(2,21-18(23)26-16)25-15-7-5-4-6-13(14)15/h4-8,10,14H,9H2,1-3H3/b16-8+. The highest BCUT2D eigenvalue weighted by Crippen LogP contribution is 2.42. The monoisotopic (exact) mass is 366 g/mol. The first-order valence-corrected chi connectivity index (χ1v) is 9.36. The number of rotatable bonds is 1. The van der Waals surface area contributed by atoms with E-state index in [4.69, 9.17) is 9.73 Å². The van der Waals surface area contributed by atoms with Gasteiger partial charge in [0.1, 0.15) is 5.75 Å². The summed E-state index contributed by atoms with van der Waals surface area (Å²) < 4.78 is 10.4. The van der Waals surface area contributed by atoms with Crippen LogP contribution in [0, 0.1) is 6.92 Å². The Morgan fingerprint density at radius 2 is 2.19 bits per heavy atom. The molecule has 2 aliphatic heterocycles. The molecule has 1 aromatic carbocycles. The number of nitrogens with zero attached hydrogens (tertiary/aromatic N) is 4. The SMILES string of the molecule is Cc1c(/C=c2/sc3n(c2=O)C2CC(C)(N=3)Oc3ccccc32)cnn1C. The molecule has 2 atom stereocenters. The molecule has 0 N–H and O–H groups in total. The number of aryl methyl sites for hydroxylation is 1. The number of aromatic nitrogens is 3. The van der Waals surface area contributed by atoms with Crippen molar-refractivity contribution in [1.82, 2.24) is 14.3 Å². The maximum Gasteiger partial charge on any atom is 0.270 e. The molecule has 0 aliphatic carbocycles. The fourth-order valence-electron chi connectivity index (χ4n) is 3.74. The van der Waals surface area contributed by atoms with Crippen LogP contribution in [-0.2, 0) is 7.05 Å². The van der Waals surface area contributed by atoms with Crippen molar-refractivity contribution in [3.63, 3.8) is 0 Å². The molecule has 26 heavy (non-hydrogen) atoms. The first-order valence-electron chi connectivity index (χ1n) is 8.55. The Hall–Kier alpha value is -2.67. The van der Waals surface area contributed by atoms with Crippen molar-refractivity contribution >= 4 is 17.4 Å². The van der Waals surface area contributed by atoms with E-state index >= 15 is 0 Å². The van der Waals surface area contributed by atoms with Gasteiger partial charge in [0.15, 0.2) is 4.80 Å². The van der Waals surface area contributed by atoms with Crippen LogP contribution in [0.1, 0.15) is 36.2 Å². The van der Waals surface area contributed by atoms with Crippen molar-refractivity contribution < 1.29 is 4.74 Å². The van der Waals surface area contributed by atoms with Gasteiger partial charge in [-0.25, -0.2) is 4.99 Å². The molecule has 3 aromatic rings. The highest BCUT2D eigenvalue weighted by molar-refractivity contribution is 7.07. The average molecular weight is 366 g/mol. The molecule has 2 aliphatic rings. The van der Waals surface area contributed by atoms with Crippen LogP contribution in [0.2, 0.25) is 0 Å². The molecule has 2 bridgehead atoms. The van der Waals surface area contributed by atoms with E-state index in [1.807, 2.05) is 55.8 Å². The second kappa shape index (κ2) is 5.17. The van der Waals surface area contributed by atoms with Gasteiger partial charge in [-0.15, -0.1) is 0 Å². The highest BCUT2D eigenvalue weighted by atomic mass is 32.1. The third-order valence-corrected chi connectivity index (χ3v) is 6.20. The quantitative estimate of drug-likeness (QED) is 0.656. The summed E-state index contributed by atoms with van der Waals surface area (Å²) in [6.45, 7) is 3.98. The van der Waals surface area contributed by atoms with Gasteiger partial charge in [0.2, 0.25) is 5.72 Å². The number of thiazole rings is 1. The van der Waals surface area contributed by atoms with E-state index in [9.17, 15) is 4.79 Å². The molecule has 2 unspecified atom stereocenters. The lowest BCUT2D eigenvalue weighted by Gasteiger charge is -2.39. The summed E-state index contributed by atoms with van der Waals surface area (Å²) in [5, 5.41) is 4.26. The Kier molecular flexibility index (Phi) is 3.10. The predicted octanol–water partition coefficient (Wildman–Crippen LogP) is 1.50. The van der Waals surface area contributed by atoms with Crippen LogP contribution in [-0.4, -0.2) is 20.1 Å². The molecule has 132 valence electrons. The lowest BCUT2D eigenvalue weighted by atomic mass is 9.93. The van der Waals surface area contributed by atoms with Crippen LogP contribution in [0.15, 0.2) is 40.2 Å². The van der Waals surface area contributed by atoms with Gasteiger partial charge in [0.25, 0.3) is 5.56 Å².